The fourth-order valence-electron chi connectivity index (χ4n) is 5.70. The summed E-state index contributed by atoms with van der Waals surface area (Å²) in [7, 11) is 0. The maximum absolute atomic E-state index is 13.6. The van der Waals surface area contributed by atoms with Gasteiger partial charge in [-0.1, -0.05) is 81.5 Å². The number of aliphatic carboxylic acids is 1. The molecular weight excluding hydrogens is 392 g/mol. The van der Waals surface area contributed by atoms with Crippen LogP contribution in [0.5, 0.6) is 0 Å². The molecule has 3 aliphatic rings. The number of benzene rings is 1. The number of rotatable bonds is 7. The second-order valence-electron chi connectivity index (χ2n) is 9.16. The molecular formula is C25H32N2O4. The van der Waals surface area contributed by atoms with E-state index < -0.39 is 29.4 Å². The fourth-order valence-corrected chi connectivity index (χ4v) is 5.70. The van der Waals surface area contributed by atoms with Crippen molar-refractivity contribution in [3.63, 3.8) is 0 Å². The van der Waals surface area contributed by atoms with Gasteiger partial charge in [-0.05, 0) is 24.8 Å². The number of carboxylic acid groups (broad SMARTS) is 1. The Bertz CT molecular complexity index is 862. The van der Waals surface area contributed by atoms with Gasteiger partial charge < -0.3 is 5.11 Å². The van der Waals surface area contributed by atoms with Gasteiger partial charge in [-0.3, -0.25) is 24.6 Å². The van der Waals surface area contributed by atoms with Crippen molar-refractivity contribution in [2.75, 3.05) is 0 Å². The van der Waals surface area contributed by atoms with Crippen molar-refractivity contribution in [2.45, 2.75) is 75.9 Å². The van der Waals surface area contributed by atoms with Crippen LogP contribution in [0, 0.1) is 11.8 Å². The lowest BCUT2D eigenvalue weighted by Gasteiger charge is -2.34. The Morgan fingerprint density at radius 1 is 1.16 bits per heavy atom. The lowest BCUT2D eigenvalue weighted by molar-refractivity contribution is -0.153. The van der Waals surface area contributed by atoms with Gasteiger partial charge in [-0.25, -0.2) is 0 Å². The standard InChI is InChI=1S/C25H32N2O4/c1-2-3-16-25(24(30)31)21-20(19(26-25)15-14-17-10-6-4-7-11-17)22(28)27(23(21)29)18-12-8-5-9-13-18/h4,6-7,10-11,14-15,18-21,26H,2-3,5,8-9,12-13,16H2,1H3,(H,30,31). The van der Waals surface area contributed by atoms with Crippen LogP contribution in [0.4, 0.5) is 0 Å². The fraction of sp³-hybridized carbons (Fsp3) is 0.560. The minimum absolute atomic E-state index is 0.0872. The van der Waals surface area contributed by atoms with Gasteiger partial charge in [-0.2, -0.15) is 0 Å². The maximum Gasteiger partial charge on any atom is 0.324 e. The van der Waals surface area contributed by atoms with Gasteiger partial charge in [0.2, 0.25) is 11.8 Å². The van der Waals surface area contributed by atoms with Crippen molar-refractivity contribution in [1.29, 1.82) is 0 Å². The lowest BCUT2D eigenvalue weighted by atomic mass is 9.77. The smallest absolute Gasteiger partial charge is 0.324 e. The predicted octanol–water partition coefficient (Wildman–Crippen LogP) is 3.62. The summed E-state index contributed by atoms with van der Waals surface area (Å²) < 4.78 is 0. The molecule has 31 heavy (non-hydrogen) atoms. The predicted molar refractivity (Wildman–Crippen MR) is 118 cm³/mol. The Kier molecular flexibility index (Phi) is 6.28. The van der Waals surface area contributed by atoms with Crippen molar-refractivity contribution < 1.29 is 19.5 Å². The van der Waals surface area contributed by atoms with Crippen LogP contribution in [0.15, 0.2) is 36.4 Å². The van der Waals surface area contributed by atoms with E-state index in [2.05, 4.69) is 5.32 Å². The second-order valence-corrected chi connectivity index (χ2v) is 9.16. The number of amides is 2. The number of nitrogens with zero attached hydrogens (tertiary/aromatic N) is 1. The normalized spacial score (nSPS) is 31.5. The third-order valence-electron chi connectivity index (χ3n) is 7.27. The van der Waals surface area contributed by atoms with E-state index in [9.17, 15) is 19.5 Å². The van der Waals surface area contributed by atoms with Gasteiger partial charge in [0.05, 0.1) is 11.8 Å². The van der Waals surface area contributed by atoms with E-state index in [1.54, 1.807) is 0 Å². The number of carbonyl (C=O) groups excluding carboxylic acids is 2. The highest BCUT2D eigenvalue weighted by Crippen LogP contribution is 2.47. The zero-order chi connectivity index (χ0) is 22.0. The van der Waals surface area contributed by atoms with Gasteiger partial charge in [-0.15, -0.1) is 0 Å². The molecule has 2 amide bonds. The van der Waals surface area contributed by atoms with E-state index in [0.29, 0.717) is 12.8 Å². The van der Waals surface area contributed by atoms with Crippen LogP contribution in [0.25, 0.3) is 6.08 Å². The molecule has 6 heteroatoms. The van der Waals surface area contributed by atoms with Crippen molar-refractivity contribution in [1.82, 2.24) is 10.2 Å². The van der Waals surface area contributed by atoms with Gasteiger partial charge in [0.25, 0.3) is 0 Å². The van der Waals surface area contributed by atoms with E-state index in [1.807, 2.05) is 49.4 Å². The summed E-state index contributed by atoms with van der Waals surface area (Å²) in [4.78, 5) is 41.1. The molecule has 2 aliphatic heterocycles. The number of nitrogens with one attached hydrogen (secondary N) is 1. The van der Waals surface area contributed by atoms with E-state index in [-0.39, 0.29) is 17.9 Å². The molecule has 0 aromatic heterocycles. The van der Waals surface area contributed by atoms with Gasteiger partial charge in [0.15, 0.2) is 0 Å². The largest absolute Gasteiger partial charge is 0.480 e. The number of fused-ring (bicyclic) bond motifs is 1. The summed E-state index contributed by atoms with van der Waals surface area (Å²) in [6, 6.07) is 9.15. The molecule has 0 bridgehead atoms. The Morgan fingerprint density at radius 3 is 2.52 bits per heavy atom. The van der Waals surface area contributed by atoms with Gasteiger partial charge in [0, 0.05) is 12.1 Å². The molecule has 2 N–H and O–H groups in total. The Morgan fingerprint density at radius 2 is 1.87 bits per heavy atom. The van der Waals surface area contributed by atoms with Crippen LogP contribution in [0.2, 0.25) is 0 Å². The summed E-state index contributed by atoms with van der Waals surface area (Å²) in [6.07, 6.45) is 10.4. The van der Waals surface area contributed by atoms with Crippen molar-refractivity contribution in [3.8, 4) is 0 Å². The van der Waals surface area contributed by atoms with Gasteiger partial charge in [0.1, 0.15) is 5.54 Å². The molecule has 0 spiro atoms. The van der Waals surface area contributed by atoms with Crippen LogP contribution in [0.3, 0.4) is 0 Å². The summed E-state index contributed by atoms with van der Waals surface area (Å²) in [5.41, 5.74) is -0.425. The minimum atomic E-state index is -1.40. The Labute approximate surface area is 183 Å². The summed E-state index contributed by atoms with van der Waals surface area (Å²) in [5, 5.41) is 13.5. The van der Waals surface area contributed by atoms with E-state index in [1.165, 1.54) is 4.90 Å². The first-order chi connectivity index (χ1) is 15.0. The first-order valence-corrected chi connectivity index (χ1v) is 11.6. The van der Waals surface area contributed by atoms with E-state index >= 15 is 0 Å². The van der Waals surface area contributed by atoms with Crippen LogP contribution < -0.4 is 5.32 Å². The zero-order valence-corrected chi connectivity index (χ0v) is 18.1. The molecule has 1 saturated carbocycles. The summed E-state index contributed by atoms with van der Waals surface area (Å²) in [5.74, 6) is -3.03. The molecule has 4 unspecified atom stereocenters. The topological polar surface area (TPSA) is 86.7 Å². The third kappa shape index (κ3) is 3.82. The molecule has 166 valence electrons. The zero-order valence-electron chi connectivity index (χ0n) is 18.1. The first-order valence-electron chi connectivity index (χ1n) is 11.6. The highest BCUT2D eigenvalue weighted by molar-refractivity contribution is 6.09. The van der Waals surface area contributed by atoms with Crippen LogP contribution in [0.1, 0.15) is 63.9 Å². The minimum Gasteiger partial charge on any atom is -0.480 e. The number of imide groups is 1. The molecule has 1 aliphatic carbocycles. The molecule has 4 atom stereocenters. The molecule has 0 radical (unpaired) electrons. The number of carbonyl (C=O) groups is 3. The monoisotopic (exact) mass is 424 g/mol. The molecule has 3 fully saturated rings. The molecule has 1 aromatic carbocycles. The number of unbranched alkanes of at least 4 members (excludes halogenated alkanes) is 1. The van der Waals surface area contributed by atoms with Crippen molar-refractivity contribution >= 4 is 23.9 Å². The number of hydrogen-bond donors (Lipinski definition) is 2. The maximum atomic E-state index is 13.6. The SMILES string of the molecule is CCCCC1(C(=O)O)NC(C=Cc2ccccc2)C2C(=O)N(C3CCCCC3)C(=O)C21. The molecule has 2 saturated heterocycles. The average molecular weight is 425 g/mol. The third-order valence-corrected chi connectivity index (χ3v) is 7.27. The first kappa shape index (κ1) is 21.8. The van der Waals surface area contributed by atoms with E-state index in [4.69, 9.17) is 0 Å². The summed E-state index contributed by atoms with van der Waals surface area (Å²) >= 11 is 0. The number of likely N-dealkylation sites (tertiary alicyclic amines) is 1. The molecule has 6 nitrogen and oxygen atoms in total. The number of hydrogen-bond acceptors (Lipinski definition) is 4. The average Bonchev–Trinajstić information content (AvgIpc) is 3.26. The van der Waals surface area contributed by atoms with Crippen molar-refractivity contribution in [2.24, 2.45) is 11.8 Å². The number of carboxylic acids is 1. The Hall–Kier alpha value is -2.47. The van der Waals surface area contributed by atoms with Crippen LogP contribution in [-0.2, 0) is 14.4 Å². The Balaban J connectivity index is 1.71. The van der Waals surface area contributed by atoms with E-state index in [0.717, 1.165) is 44.1 Å². The molecule has 1 aromatic rings. The van der Waals surface area contributed by atoms with Crippen LogP contribution >= 0.6 is 0 Å². The highest BCUT2D eigenvalue weighted by Gasteiger charge is 2.68. The summed E-state index contributed by atoms with van der Waals surface area (Å²) in [6.45, 7) is 2.00. The lowest BCUT2D eigenvalue weighted by Crippen LogP contribution is -2.57. The molecule has 4 rings (SSSR count). The highest BCUT2D eigenvalue weighted by atomic mass is 16.4. The second kappa shape index (κ2) is 8.95. The van der Waals surface area contributed by atoms with Crippen LogP contribution in [-0.4, -0.2) is 45.4 Å². The van der Waals surface area contributed by atoms with Crippen molar-refractivity contribution in [3.05, 3.63) is 42.0 Å². The molecule has 2 heterocycles. The quantitative estimate of drug-likeness (QED) is 0.653. The van der Waals surface area contributed by atoms with Gasteiger partial charge >= 0.3 is 5.97 Å².